The lowest BCUT2D eigenvalue weighted by Gasteiger charge is -2.24. The van der Waals surface area contributed by atoms with Crippen molar-refractivity contribution in [1.82, 2.24) is 4.98 Å². The van der Waals surface area contributed by atoms with Gasteiger partial charge in [-0.1, -0.05) is 18.2 Å². The number of rotatable bonds is 2. The highest BCUT2D eigenvalue weighted by Crippen LogP contribution is 2.21. The fourth-order valence-corrected chi connectivity index (χ4v) is 3.29. The van der Waals surface area contributed by atoms with Crippen LogP contribution in [0.3, 0.4) is 0 Å². The smallest absolute Gasteiger partial charge is 0.129 e. The molecule has 0 spiro atoms. The summed E-state index contributed by atoms with van der Waals surface area (Å²) in [5.41, 5.74) is 2.12. The third kappa shape index (κ3) is 3.04. The highest BCUT2D eigenvalue weighted by atomic mass is 19.1. The second-order valence-electron chi connectivity index (χ2n) is 6.17. The Morgan fingerprint density at radius 3 is 2.38 bits per heavy atom. The van der Waals surface area contributed by atoms with Gasteiger partial charge in [-0.25, -0.2) is 9.37 Å². The molecule has 24 heavy (non-hydrogen) atoms. The van der Waals surface area contributed by atoms with E-state index in [1.165, 1.54) is 17.5 Å². The van der Waals surface area contributed by atoms with Gasteiger partial charge in [0.2, 0.25) is 0 Å². The molecule has 0 aliphatic carbocycles. The van der Waals surface area contributed by atoms with Gasteiger partial charge >= 0.3 is 0 Å². The molecule has 3 nitrogen and oxygen atoms in total. The van der Waals surface area contributed by atoms with Gasteiger partial charge in [-0.3, -0.25) is 0 Å². The van der Waals surface area contributed by atoms with Crippen LogP contribution in [0, 0.1) is 5.82 Å². The van der Waals surface area contributed by atoms with Gasteiger partial charge in [0.25, 0.3) is 0 Å². The SMILES string of the molecule is Fc1ccc(N2CCCN(c3ccc4ccccc4n3)CC2)cc1. The van der Waals surface area contributed by atoms with Crippen LogP contribution in [-0.2, 0) is 0 Å². The van der Waals surface area contributed by atoms with Crippen molar-refractivity contribution in [2.75, 3.05) is 36.0 Å². The Morgan fingerprint density at radius 1 is 0.750 bits per heavy atom. The van der Waals surface area contributed by atoms with E-state index in [4.69, 9.17) is 4.98 Å². The first-order valence-electron chi connectivity index (χ1n) is 8.41. The van der Waals surface area contributed by atoms with Crippen molar-refractivity contribution in [3.63, 3.8) is 0 Å². The third-order valence-corrected chi connectivity index (χ3v) is 4.60. The number of aromatic nitrogens is 1. The quantitative estimate of drug-likeness (QED) is 0.709. The number of hydrogen-bond donors (Lipinski definition) is 0. The molecule has 1 aliphatic heterocycles. The summed E-state index contributed by atoms with van der Waals surface area (Å²) in [6, 6.07) is 19.2. The number of nitrogens with zero attached hydrogens (tertiary/aromatic N) is 3. The second kappa shape index (κ2) is 6.48. The zero-order valence-corrected chi connectivity index (χ0v) is 13.5. The van der Waals surface area contributed by atoms with Crippen molar-refractivity contribution in [3.8, 4) is 0 Å². The number of halogens is 1. The molecule has 0 atom stereocenters. The molecular formula is C20H20FN3. The van der Waals surface area contributed by atoms with E-state index in [2.05, 4.69) is 34.1 Å². The monoisotopic (exact) mass is 321 g/mol. The topological polar surface area (TPSA) is 19.4 Å². The van der Waals surface area contributed by atoms with Crippen molar-refractivity contribution in [1.29, 1.82) is 0 Å². The van der Waals surface area contributed by atoms with Crippen molar-refractivity contribution in [2.45, 2.75) is 6.42 Å². The molecule has 1 saturated heterocycles. The van der Waals surface area contributed by atoms with Crippen LogP contribution < -0.4 is 9.80 Å². The molecule has 2 heterocycles. The molecule has 0 saturated carbocycles. The molecule has 1 aliphatic rings. The fourth-order valence-electron chi connectivity index (χ4n) is 3.29. The molecule has 0 N–H and O–H groups in total. The molecule has 3 aromatic rings. The average Bonchev–Trinajstić information content (AvgIpc) is 2.88. The largest absolute Gasteiger partial charge is 0.370 e. The maximum Gasteiger partial charge on any atom is 0.129 e. The van der Waals surface area contributed by atoms with E-state index in [0.717, 1.165) is 49.6 Å². The van der Waals surface area contributed by atoms with Crippen LogP contribution in [0.25, 0.3) is 10.9 Å². The predicted molar refractivity (Wildman–Crippen MR) is 97.2 cm³/mol. The molecule has 122 valence electrons. The molecule has 1 aromatic heterocycles. The van der Waals surface area contributed by atoms with E-state index in [-0.39, 0.29) is 5.82 Å². The van der Waals surface area contributed by atoms with E-state index in [9.17, 15) is 4.39 Å². The zero-order chi connectivity index (χ0) is 16.4. The van der Waals surface area contributed by atoms with Crippen LogP contribution in [-0.4, -0.2) is 31.2 Å². The van der Waals surface area contributed by atoms with Crippen LogP contribution >= 0.6 is 0 Å². The Bertz CT molecular complexity index is 832. The normalized spacial score (nSPS) is 15.5. The Hall–Kier alpha value is -2.62. The van der Waals surface area contributed by atoms with Gasteiger partial charge in [0.05, 0.1) is 5.52 Å². The van der Waals surface area contributed by atoms with Crippen molar-refractivity contribution in [2.24, 2.45) is 0 Å². The lowest BCUT2D eigenvalue weighted by molar-refractivity contribution is 0.627. The second-order valence-corrected chi connectivity index (χ2v) is 6.17. The van der Waals surface area contributed by atoms with Gasteiger partial charge in [0, 0.05) is 37.3 Å². The Balaban J connectivity index is 1.52. The van der Waals surface area contributed by atoms with Crippen LogP contribution in [0.15, 0.2) is 60.7 Å². The number of para-hydroxylation sites is 1. The molecule has 0 unspecified atom stereocenters. The molecule has 1 fully saturated rings. The van der Waals surface area contributed by atoms with E-state index < -0.39 is 0 Å². The van der Waals surface area contributed by atoms with Gasteiger partial charge < -0.3 is 9.80 Å². The summed E-state index contributed by atoms with van der Waals surface area (Å²) in [4.78, 5) is 9.47. The number of hydrogen-bond acceptors (Lipinski definition) is 3. The lowest BCUT2D eigenvalue weighted by Crippen LogP contribution is -2.31. The zero-order valence-electron chi connectivity index (χ0n) is 13.5. The molecule has 2 aromatic carbocycles. The van der Waals surface area contributed by atoms with Crippen LogP contribution in [0.1, 0.15) is 6.42 Å². The molecule has 4 heteroatoms. The maximum atomic E-state index is 13.1. The lowest BCUT2D eigenvalue weighted by atomic mass is 10.2. The maximum absolute atomic E-state index is 13.1. The van der Waals surface area contributed by atoms with Crippen LogP contribution in [0.2, 0.25) is 0 Å². The first-order valence-corrected chi connectivity index (χ1v) is 8.41. The molecule has 4 rings (SSSR count). The van der Waals surface area contributed by atoms with E-state index in [0.29, 0.717) is 0 Å². The van der Waals surface area contributed by atoms with Gasteiger partial charge in [0.15, 0.2) is 0 Å². The van der Waals surface area contributed by atoms with Crippen molar-refractivity contribution < 1.29 is 4.39 Å². The number of fused-ring (bicyclic) bond motifs is 1. The van der Waals surface area contributed by atoms with Crippen molar-refractivity contribution >= 4 is 22.4 Å². The van der Waals surface area contributed by atoms with E-state index in [1.807, 2.05) is 24.3 Å². The Labute approximate surface area is 141 Å². The van der Waals surface area contributed by atoms with Crippen molar-refractivity contribution in [3.05, 3.63) is 66.5 Å². The summed E-state index contributed by atoms with van der Waals surface area (Å²) in [5.74, 6) is 0.852. The van der Waals surface area contributed by atoms with Gasteiger partial charge in [0.1, 0.15) is 11.6 Å². The summed E-state index contributed by atoms with van der Waals surface area (Å²) in [6.07, 6.45) is 1.06. The first-order chi connectivity index (χ1) is 11.8. The minimum Gasteiger partial charge on any atom is -0.370 e. The van der Waals surface area contributed by atoms with E-state index >= 15 is 0 Å². The highest BCUT2D eigenvalue weighted by molar-refractivity contribution is 5.80. The number of benzene rings is 2. The first kappa shape index (κ1) is 14.9. The Morgan fingerprint density at radius 2 is 1.50 bits per heavy atom. The summed E-state index contributed by atoms with van der Waals surface area (Å²) in [5, 5.41) is 1.17. The molecular weight excluding hydrogens is 301 g/mol. The number of pyridine rings is 1. The standard InChI is InChI=1S/C20H20FN3/c21-17-7-9-18(10-8-17)23-12-3-13-24(15-14-23)20-11-6-16-4-1-2-5-19(16)22-20/h1-2,4-11H,3,12-15H2. The van der Waals surface area contributed by atoms with E-state index in [1.54, 1.807) is 0 Å². The fraction of sp³-hybridized carbons (Fsp3) is 0.250. The Kier molecular flexibility index (Phi) is 4.03. The predicted octanol–water partition coefficient (Wildman–Crippen LogP) is 4.09. The molecule has 0 radical (unpaired) electrons. The minimum atomic E-state index is -0.185. The van der Waals surface area contributed by atoms with Crippen LogP contribution in [0.4, 0.5) is 15.9 Å². The number of anilines is 2. The van der Waals surface area contributed by atoms with Crippen LogP contribution in [0.5, 0.6) is 0 Å². The average molecular weight is 321 g/mol. The van der Waals surface area contributed by atoms with Gasteiger partial charge in [-0.15, -0.1) is 0 Å². The summed E-state index contributed by atoms with van der Waals surface area (Å²) in [7, 11) is 0. The minimum absolute atomic E-state index is 0.185. The summed E-state index contributed by atoms with van der Waals surface area (Å²) < 4.78 is 13.1. The highest BCUT2D eigenvalue weighted by Gasteiger charge is 2.16. The summed E-state index contributed by atoms with van der Waals surface area (Å²) in [6.45, 7) is 3.81. The molecule has 0 amide bonds. The third-order valence-electron chi connectivity index (χ3n) is 4.60. The van der Waals surface area contributed by atoms with Gasteiger partial charge in [-0.2, -0.15) is 0 Å². The molecule has 0 bridgehead atoms. The summed E-state index contributed by atoms with van der Waals surface area (Å²) >= 11 is 0. The van der Waals surface area contributed by atoms with Gasteiger partial charge in [-0.05, 0) is 48.9 Å².